The zero-order chi connectivity index (χ0) is 14.3. The number of hydrogen-bond acceptors (Lipinski definition) is 3. The van der Waals surface area contributed by atoms with Gasteiger partial charge in [0.2, 0.25) is 0 Å². The predicted octanol–water partition coefficient (Wildman–Crippen LogP) is 3.38. The van der Waals surface area contributed by atoms with E-state index < -0.39 is 0 Å². The molecule has 2 saturated heterocycles. The lowest BCUT2D eigenvalue weighted by Gasteiger charge is -2.31. The Labute approximate surface area is 129 Å². The SMILES string of the molecule is CC(c1cc(Br)ccc1O)N1CCC2CCC(C1)N2C. The first-order valence-electron chi connectivity index (χ1n) is 7.50. The summed E-state index contributed by atoms with van der Waals surface area (Å²) in [6, 6.07) is 7.43. The Balaban J connectivity index is 1.80. The summed E-state index contributed by atoms with van der Waals surface area (Å²) in [5.41, 5.74) is 1.03. The molecule has 0 amide bonds. The molecule has 1 aromatic carbocycles. The smallest absolute Gasteiger partial charge is 0.120 e. The first-order valence-corrected chi connectivity index (χ1v) is 8.30. The molecule has 2 aliphatic heterocycles. The van der Waals surface area contributed by atoms with Gasteiger partial charge in [-0.05, 0) is 51.4 Å². The number of phenolic OH excluding ortho intramolecular Hbond substituents is 1. The fraction of sp³-hybridized carbons (Fsp3) is 0.625. The Morgan fingerprint density at radius 3 is 2.80 bits per heavy atom. The first-order chi connectivity index (χ1) is 9.56. The molecule has 3 atom stereocenters. The summed E-state index contributed by atoms with van der Waals surface area (Å²) in [7, 11) is 2.27. The van der Waals surface area contributed by atoms with Crippen LogP contribution in [0.25, 0.3) is 0 Å². The van der Waals surface area contributed by atoms with Crippen molar-refractivity contribution in [2.75, 3.05) is 20.1 Å². The van der Waals surface area contributed by atoms with E-state index in [1.54, 1.807) is 6.07 Å². The number of benzene rings is 1. The average Bonchev–Trinajstić information content (AvgIpc) is 2.65. The maximum absolute atomic E-state index is 10.1. The molecule has 20 heavy (non-hydrogen) atoms. The second-order valence-corrected chi connectivity index (χ2v) is 7.13. The van der Waals surface area contributed by atoms with Crippen molar-refractivity contribution in [2.24, 2.45) is 0 Å². The van der Waals surface area contributed by atoms with Crippen LogP contribution in [0.4, 0.5) is 0 Å². The van der Waals surface area contributed by atoms with Crippen LogP contribution in [0.5, 0.6) is 5.75 Å². The van der Waals surface area contributed by atoms with E-state index in [1.807, 2.05) is 12.1 Å². The Kier molecular flexibility index (Phi) is 4.07. The third kappa shape index (κ3) is 2.61. The molecule has 2 heterocycles. The van der Waals surface area contributed by atoms with E-state index in [1.165, 1.54) is 19.3 Å². The van der Waals surface area contributed by atoms with Gasteiger partial charge in [-0.3, -0.25) is 9.80 Å². The maximum atomic E-state index is 10.1. The highest BCUT2D eigenvalue weighted by Gasteiger charge is 2.36. The highest BCUT2D eigenvalue weighted by molar-refractivity contribution is 9.10. The van der Waals surface area contributed by atoms with Crippen molar-refractivity contribution < 1.29 is 5.11 Å². The van der Waals surface area contributed by atoms with Crippen molar-refractivity contribution in [3.8, 4) is 5.75 Å². The van der Waals surface area contributed by atoms with Crippen LogP contribution in [0.3, 0.4) is 0 Å². The molecule has 2 fully saturated rings. The average molecular weight is 339 g/mol. The van der Waals surface area contributed by atoms with E-state index in [0.29, 0.717) is 11.8 Å². The summed E-state index contributed by atoms with van der Waals surface area (Å²) >= 11 is 3.51. The Morgan fingerprint density at radius 2 is 2.00 bits per heavy atom. The van der Waals surface area contributed by atoms with Crippen molar-refractivity contribution >= 4 is 15.9 Å². The van der Waals surface area contributed by atoms with E-state index in [2.05, 4.69) is 39.7 Å². The van der Waals surface area contributed by atoms with Crippen LogP contribution in [-0.4, -0.2) is 47.1 Å². The standard InChI is InChI=1S/C16H23BrN2O/c1-11(15-9-12(17)3-6-16(15)20)19-8-7-13-4-5-14(10-19)18(13)2/h3,6,9,11,13-14,20H,4-5,7-8,10H2,1-2H3. The van der Waals surface area contributed by atoms with Gasteiger partial charge in [0.25, 0.3) is 0 Å². The molecule has 0 aromatic heterocycles. The fourth-order valence-corrected chi connectivity index (χ4v) is 4.12. The number of hydrogen-bond donors (Lipinski definition) is 1. The number of aromatic hydroxyl groups is 1. The largest absolute Gasteiger partial charge is 0.508 e. The number of halogens is 1. The minimum atomic E-state index is 0.264. The highest BCUT2D eigenvalue weighted by Crippen LogP contribution is 2.35. The number of likely N-dealkylation sites (tertiary alicyclic amines) is 1. The summed E-state index contributed by atoms with van der Waals surface area (Å²) in [5, 5.41) is 10.1. The molecule has 3 nitrogen and oxygen atoms in total. The minimum absolute atomic E-state index is 0.264. The van der Waals surface area contributed by atoms with Crippen LogP contribution in [0.2, 0.25) is 0 Å². The molecule has 0 radical (unpaired) electrons. The first kappa shape index (κ1) is 14.4. The highest BCUT2D eigenvalue weighted by atomic mass is 79.9. The Hall–Kier alpha value is -0.580. The monoisotopic (exact) mass is 338 g/mol. The molecule has 3 rings (SSSR count). The zero-order valence-electron chi connectivity index (χ0n) is 12.2. The van der Waals surface area contributed by atoms with Gasteiger partial charge >= 0.3 is 0 Å². The molecule has 1 N–H and O–H groups in total. The van der Waals surface area contributed by atoms with Gasteiger partial charge in [0.1, 0.15) is 5.75 Å². The molecular weight excluding hydrogens is 316 g/mol. The maximum Gasteiger partial charge on any atom is 0.120 e. The normalized spacial score (nSPS) is 29.4. The predicted molar refractivity (Wildman–Crippen MR) is 85.0 cm³/mol. The summed E-state index contributed by atoms with van der Waals surface area (Å²) in [6.07, 6.45) is 3.91. The van der Waals surface area contributed by atoms with E-state index in [-0.39, 0.29) is 6.04 Å². The van der Waals surface area contributed by atoms with Gasteiger partial charge in [-0.15, -0.1) is 0 Å². The molecule has 2 bridgehead atoms. The Bertz CT molecular complexity index is 493. The van der Waals surface area contributed by atoms with Crippen LogP contribution < -0.4 is 0 Å². The number of fused-ring (bicyclic) bond motifs is 2. The number of rotatable bonds is 2. The molecule has 110 valence electrons. The Morgan fingerprint density at radius 1 is 1.25 bits per heavy atom. The van der Waals surface area contributed by atoms with Gasteiger partial charge in [0.15, 0.2) is 0 Å². The van der Waals surface area contributed by atoms with Crippen molar-refractivity contribution in [3.05, 3.63) is 28.2 Å². The molecule has 0 spiro atoms. The molecule has 1 aromatic rings. The molecular formula is C16H23BrN2O. The second kappa shape index (κ2) is 5.66. The van der Waals surface area contributed by atoms with Crippen molar-refractivity contribution in [1.29, 1.82) is 0 Å². The van der Waals surface area contributed by atoms with Crippen LogP contribution in [-0.2, 0) is 0 Å². The van der Waals surface area contributed by atoms with Crippen molar-refractivity contribution in [1.82, 2.24) is 9.80 Å². The third-order valence-electron chi connectivity index (χ3n) is 5.17. The summed E-state index contributed by atoms with van der Waals surface area (Å²) in [6.45, 7) is 4.44. The van der Waals surface area contributed by atoms with E-state index >= 15 is 0 Å². The molecule has 4 heteroatoms. The van der Waals surface area contributed by atoms with E-state index in [4.69, 9.17) is 0 Å². The van der Waals surface area contributed by atoms with Crippen LogP contribution in [0.1, 0.15) is 37.8 Å². The lowest BCUT2D eigenvalue weighted by Crippen LogP contribution is -2.37. The van der Waals surface area contributed by atoms with Gasteiger partial charge in [-0.1, -0.05) is 15.9 Å². The summed E-state index contributed by atoms with van der Waals surface area (Å²) < 4.78 is 1.03. The molecule has 2 aliphatic rings. The van der Waals surface area contributed by atoms with Gasteiger partial charge in [-0.25, -0.2) is 0 Å². The zero-order valence-corrected chi connectivity index (χ0v) is 13.8. The number of phenols is 1. The van der Waals surface area contributed by atoms with Gasteiger partial charge in [0.05, 0.1) is 0 Å². The van der Waals surface area contributed by atoms with Gasteiger partial charge < -0.3 is 5.11 Å². The summed E-state index contributed by atoms with van der Waals surface area (Å²) in [4.78, 5) is 5.09. The third-order valence-corrected chi connectivity index (χ3v) is 5.66. The topological polar surface area (TPSA) is 26.7 Å². The van der Waals surface area contributed by atoms with E-state index in [9.17, 15) is 5.11 Å². The lowest BCUT2D eigenvalue weighted by molar-refractivity contribution is 0.179. The van der Waals surface area contributed by atoms with Crippen molar-refractivity contribution in [3.63, 3.8) is 0 Å². The van der Waals surface area contributed by atoms with E-state index in [0.717, 1.165) is 29.2 Å². The van der Waals surface area contributed by atoms with Crippen LogP contribution in [0, 0.1) is 0 Å². The number of nitrogens with zero attached hydrogens (tertiary/aromatic N) is 2. The lowest BCUT2D eigenvalue weighted by atomic mass is 10.0. The van der Waals surface area contributed by atoms with Gasteiger partial charge in [0, 0.05) is 41.3 Å². The van der Waals surface area contributed by atoms with Crippen LogP contribution >= 0.6 is 15.9 Å². The molecule has 3 unspecified atom stereocenters. The molecule has 0 aliphatic carbocycles. The minimum Gasteiger partial charge on any atom is -0.508 e. The number of likely N-dealkylation sites (N-methyl/N-ethyl adjacent to an activating group) is 1. The van der Waals surface area contributed by atoms with Crippen molar-refractivity contribution in [2.45, 2.75) is 44.3 Å². The van der Waals surface area contributed by atoms with Crippen LogP contribution in [0.15, 0.2) is 22.7 Å². The summed E-state index contributed by atoms with van der Waals surface area (Å²) in [5.74, 6) is 0.406. The second-order valence-electron chi connectivity index (χ2n) is 6.21. The quantitative estimate of drug-likeness (QED) is 0.895. The van der Waals surface area contributed by atoms with Gasteiger partial charge in [-0.2, -0.15) is 0 Å². The fourth-order valence-electron chi connectivity index (χ4n) is 3.74. The molecule has 0 saturated carbocycles.